The van der Waals surface area contributed by atoms with E-state index >= 15 is 0 Å². The van der Waals surface area contributed by atoms with Crippen LogP contribution in [0.3, 0.4) is 0 Å². The summed E-state index contributed by atoms with van der Waals surface area (Å²) in [5.41, 5.74) is -1.36. The fraction of sp³-hybridized carbons (Fsp3) is 0.455. The van der Waals surface area contributed by atoms with E-state index in [9.17, 15) is 26.7 Å². The SMILES string of the molecule is CCOC(=O)Cc1c(OC(F)(F)F)cnc(I)c1C(F)F. The first kappa shape index (κ1) is 17.9. The Morgan fingerprint density at radius 3 is 2.52 bits per heavy atom. The Morgan fingerprint density at radius 1 is 1.43 bits per heavy atom. The summed E-state index contributed by atoms with van der Waals surface area (Å²) in [6.07, 6.45) is -8.31. The van der Waals surface area contributed by atoms with Crippen molar-refractivity contribution in [2.45, 2.75) is 26.1 Å². The van der Waals surface area contributed by atoms with Crippen LogP contribution in [0.1, 0.15) is 24.5 Å². The van der Waals surface area contributed by atoms with E-state index in [1.165, 1.54) is 29.5 Å². The smallest absolute Gasteiger partial charge is 0.466 e. The normalized spacial score (nSPS) is 11.6. The first-order valence-corrected chi connectivity index (χ1v) is 6.60. The van der Waals surface area contributed by atoms with Gasteiger partial charge < -0.3 is 9.47 Å². The Hall–Kier alpha value is -1.20. The van der Waals surface area contributed by atoms with E-state index in [0.29, 0.717) is 6.20 Å². The number of carbonyl (C=O) groups excluding carboxylic acids is 1. The number of alkyl halides is 5. The highest BCUT2D eigenvalue weighted by Crippen LogP contribution is 2.35. The van der Waals surface area contributed by atoms with Gasteiger partial charge in [-0.05, 0) is 29.5 Å². The molecule has 0 amide bonds. The van der Waals surface area contributed by atoms with Gasteiger partial charge in [-0.25, -0.2) is 13.8 Å². The molecule has 1 rings (SSSR count). The zero-order chi connectivity index (χ0) is 16.2. The number of ether oxygens (including phenoxy) is 2. The van der Waals surface area contributed by atoms with Crippen LogP contribution in [0.5, 0.6) is 5.75 Å². The van der Waals surface area contributed by atoms with Crippen molar-refractivity contribution in [1.29, 1.82) is 0 Å². The van der Waals surface area contributed by atoms with Crippen LogP contribution < -0.4 is 4.74 Å². The Bertz CT molecular complexity index is 521. The van der Waals surface area contributed by atoms with E-state index in [0.717, 1.165) is 0 Å². The lowest BCUT2D eigenvalue weighted by atomic mass is 10.1. The van der Waals surface area contributed by atoms with Crippen LogP contribution in [0.4, 0.5) is 22.0 Å². The second kappa shape index (κ2) is 7.18. The quantitative estimate of drug-likeness (QED) is 0.313. The van der Waals surface area contributed by atoms with Crippen LogP contribution in [0.25, 0.3) is 0 Å². The van der Waals surface area contributed by atoms with Crippen molar-refractivity contribution in [1.82, 2.24) is 4.98 Å². The third-order valence-electron chi connectivity index (χ3n) is 2.21. The van der Waals surface area contributed by atoms with Gasteiger partial charge in [0.2, 0.25) is 0 Å². The van der Waals surface area contributed by atoms with Gasteiger partial charge in [0.1, 0.15) is 3.70 Å². The molecule has 10 heteroatoms. The largest absolute Gasteiger partial charge is 0.573 e. The van der Waals surface area contributed by atoms with E-state index in [2.05, 4.69) is 14.5 Å². The van der Waals surface area contributed by atoms with E-state index in [1.54, 1.807) is 0 Å². The third kappa shape index (κ3) is 5.25. The Kier molecular flexibility index (Phi) is 6.10. The number of hydrogen-bond acceptors (Lipinski definition) is 4. The molecule has 4 nitrogen and oxygen atoms in total. The van der Waals surface area contributed by atoms with Gasteiger partial charge in [-0.1, -0.05) is 0 Å². The maximum atomic E-state index is 13.0. The molecule has 1 heterocycles. The van der Waals surface area contributed by atoms with Gasteiger partial charge in [-0.3, -0.25) is 4.79 Å². The molecule has 1 aromatic rings. The first-order valence-electron chi connectivity index (χ1n) is 5.52. The summed E-state index contributed by atoms with van der Waals surface area (Å²) < 4.78 is 70.9. The predicted octanol–water partition coefficient (Wildman–Crippen LogP) is 3.63. The van der Waals surface area contributed by atoms with E-state index in [1.807, 2.05) is 0 Å². The minimum absolute atomic E-state index is 0.0273. The van der Waals surface area contributed by atoms with Crippen molar-refractivity contribution in [3.63, 3.8) is 0 Å². The molecule has 21 heavy (non-hydrogen) atoms. The molecule has 0 aliphatic heterocycles. The Morgan fingerprint density at radius 2 is 2.05 bits per heavy atom. The number of esters is 1. The Labute approximate surface area is 129 Å². The molecular weight excluding hydrogens is 416 g/mol. The molecule has 0 atom stereocenters. The van der Waals surface area contributed by atoms with Crippen LogP contribution >= 0.6 is 22.6 Å². The molecule has 0 aliphatic rings. The molecule has 0 fully saturated rings. The maximum Gasteiger partial charge on any atom is 0.573 e. The van der Waals surface area contributed by atoms with Crippen LogP contribution in [0, 0.1) is 3.70 Å². The summed E-state index contributed by atoms with van der Waals surface area (Å²) in [6, 6.07) is 0. The van der Waals surface area contributed by atoms with Gasteiger partial charge in [0.05, 0.1) is 24.8 Å². The van der Waals surface area contributed by atoms with E-state index < -0.39 is 42.1 Å². The van der Waals surface area contributed by atoms with E-state index in [4.69, 9.17) is 0 Å². The summed E-state index contributed by atoms with van der Waals surface area (Å²) in [4.78, 5) is 14.8. The van der Waals surface area contributed by atoms with Crippen molar-refractivity contribution < 1.29 is 36.2 Å². The third-order valence-corrected chi connectivity index (χ3v) is 3.07. The molecule has 0 saturated heterocycles. The molecule has 0 aromatic carbocycles. The fourth-order valence-corrected chi connectivity index (χ4v) is 2.19. The molecular formula is C11H9F5INO3. The summed E-state index contributed by atoms with van der Waals surface area (Å²) in [6.45, 7) is 1.45. The maximum absolute atomic E-state index is 13.0. The highest BCUT2D eigenvalue weighted by atomic mass is 127. The average Bonchev–Trinajstić information content (AvgIpc) is 2.31. The second-order valence-corrected chi connectivity index (χ2v) is 4.66. The van der Waals surface area contributed by atoms with Gasteiger partial charge in [-0.15, -0.1) is 13.2 Å². The van der Waals surface area contributed by atoms with Crippen molar-refractivity contribution in [3.05, 3.63) is 21.0 Å². The number of aromatic nitrogens is 1. The minimum Gasteiger partial charge on any atom is -0.466 e. The number of nitrogens with zero attached hydrogens (tertiary/aromatic N) is 1. The van der Waals surface area contributed by atoms with Crippen LogP contribution in [-0.4, -0.2) is 23.9 Å². The molecule has 0 radical (unpaired) electrons. The van der Waals surface area contributed by atoms with Gasteiger partial charge >= 0.3 is 12.3 Å². The predicted molar refractivity (Wildman–Crippen MR) is 68.9 cm³/mol. The molecule has 1 aromatic heterocycles. The summed E-state index contributed by atoms with van der Waals surface area (Å²) in [7, 11) is 0. The van der Waals surface area contributed by atoms with E-state index in [-0.39, 0.29) is 10.3 Å². The summed E-state index contributed by atoms with van der Waals surface area (Å²) in [5.74, 6) is -1.88. The fourth-order valence-electron chi connectivity index (χ4n) is 1.49. The summed E-state index contributed by atoms with van der Waals surface area (Å²) >= 11 is 1.44. The zero-order valence-corrected chi connectivity index (χ0v) is 12.7. The molecule has 0 spiro atoms. The highest BCUT2D eigenvalue weighted by molar-refractivity contribution is 14.1. The molecule has 0 unspecified atom stereocenters. The molecule has 0 N–H and O–H groups in total. The van der Waals surface area contributed by atoms with Crippen molar-refractivity contribution in [2.75, 3.05) is 6.61 Å². The molecule has 0 aliphatic carbocycles. The minimum atomic E-state index is -5.09. The van der Waals surface area contributed by atoms with Gasteiger partial charge in [0, 0.05) is 5.56 Å². The van der Waals surface area contributed by atoms with Crippen LogP contribution in [-0.2, 0) is 16.0 Å². The number of rotatable bonds is 5. The van der Waals surface area contributed by atoms with Crippen molar-refractivity contribution >= 4 is 28.6 Å². The number of hydrogen-bond donors (Lipinski definition) is 0. The topological polar surface area (TPSA) is 48.4 Å². The zero-order valence-electron chi connectivity index (χ0n) is 10.5. The van der Waals surface area contributed by atoms with Crippen molar-refractivity contribution in [2.24, 2.45) is 0 Å². The van der Waals surface area contributed by atoms with Gasteiger partial charge in [0.15, 0.2) is 5.75 Å². The van der Waals surface area contributed by atoms with Crippen molar-refractivity contribution in [3.8, 4) is 5.75 Å². The van der Waals surface area contributed by atoms with Gasteiger partial charge in [-0.2, -0.15) is 0 Å². The lowest BCUT2D eigenvalue weighted by Crippen LogP contribution is -2.20. The second-order valence-electron chi connectivity index (χ2n) is 3.64. The van der Waals surface area contributed by atoms with Crippen LogP contribution in [0.2, 0.25) is 0 Å². The monoisotopic (exact) mass is 425 g/mol. The standard InChI is InChI=1S/C11H9F5INO3/c1-2-20-7(19)3-5-6(21-11(14,15)16)4-18-10(17)8(5)9(12)13/h4,9H,2-3H2,1H3. The summed E-state index contributed by atoms with van der Waals surface area (Å²) in [5, 5.41) is 0. The number of carbonyl (C=O) groups is 1. The Balaban J connectivity index is 3.30. The highest BCUT2D eigenvalue weighted by Gasteiger charge is 2.34. The number of halogens is 6. The molecule has 0 bridgehead atoms. The lowest BCUT2D eigenvalue weighted by molar-refractivity contribution is -0.275. The first-order chi connectivity index (χ1) is 9.65. The van der Waals surface area contributed by atoms with Gasteiger partial charge in [0.25, 0.3) is 6.43 Å². The lowest BCUT2D eigenvalue weighted by Gasteiger charge is -2.16. The molecule has 0 saturated carbocycles. The molecule has 118 valence electrons. The van der Waals surface area contributed by atoms with Crippen LogP contribution in [0.15, 0.2) is 6.20 Å². The number of pyridine rings is 1. The average molecular weight is 425 g/mol.